The van der Waals surface area contributed by atoms with E-state index in [0.717, 1.165) is 49.2 Å². The van der Waals surface area contributed by atoms with Crippen molar-refractivity contribution < 1.29 is 4.42 Å². The normalized spacial score (nSPS) is 17.0. The van der Waals surface area contributed by atoms with Crippen LogP contribution in [0, 0.1) is 0 Å². The highest BCUT2D eigenvalue weighted by Gasteiger charge is 2.16. The first-order valence-corrected chi connectivity index (χ1v) is 7.89. The third kappa shape index (κ3) is 3.90. The van der Waals surface area contributed by atoms with Crippen LogP contribution < -0.4 is 0 Å². The fourth-order valence-corrected chi connectivity index (χ4v) is 2.72. The summed E-state index contributed by atoms with van der Waals surface area (Å²) in [7, 11) is 0. The van der Waals surface area contributed by atoms with Crippen LogP contribution in [0.2, 0.25) is 5.02 Å². The van der Waals surface area contributed by atoms with Gasteiger partial charge in [-0.1, -0.05) is 23.7 Å². The molecule has 0 N–H and O–H groups in total. The van der Waals surface area contributed by atoms with Crippen molar-refractivity contribution in [2.24, 2.45) is 5.10 Å². The Bertz CT molecular complexity index is 614. The molecule has 1 aromatic carbocycles. The molecule has 0 amide bonds. The fourth-order valence-electron chi connectivity index (χ4n) is 2.59. The molecule has 0 spiro atoms. The molecule has 22 heavy (non-hydrogen) atoms. The van der Waals surface area contributed by atoms with Gasteiger partial charge in [0.15, 0.2) is 0 Å². The SMILES string of the molecule is C/C(=N\N1CCN(Cc2ccc(Cl)cc2)CC1)c1ccco1. The predicted octanol–water partition coefficient (Wildman–Crippen LogP) is 3.47. The van der Waals surface area contributed by atoms with E-state index in [2.05, 4.69) is 27.1 Å². The molecular weight excluding hydrogens is 298 g/mol. The summed E-state index contributed by atoms with van der Waals surface area (Å²) in [5, 5.41) is 7.55. The average molecular weight is 318 g/mol. The van der Waals surface area contributed by atoms with Gasteiger partial charge in [0.1, 0.15) is 5.76 Å². The highest BCUT2D eigenvalue weighted by molar-refractivity contribution is 6.30. The van der Waals surface area contributed by atoms with Gasteiger partial charge in [0, 0.05) is 37.7 Å². The Morgan fingerprint density at radius 3 is 2.50 bits per heavy atom. The molecule has 4 nitrogen and oxygen atoms in total. The Balaban J connectivity index is 1.52. The zero-order valence-electron chi connectivity index (χ0n) is 12.7. The average Bonchev–Trinajstić information content (AvgIpc) is 3.06. The van der Waals surface area contributed by atoms with Crippen LogP contribution in [0.15, 0.2) is 52.2 Å². The van der Waals surface area contributed by atoms with Gasteiger partial charge in [-0.15, -0.1) is 0 Å². The summed E-state index contributed by atoms with van der Waals surface area (Å²) in [6, 6.07) is 11.9. The van der Waals surface area contributed by atoms with E-state index in [1.54, 1.807) is 6.26 Å². The van der Waals surface area contributed by atoms with Crippen molar-refractivity contribution >= 4 is 17.3 Å². The van der Waals surface area contributed by atoms with Gasteiger partial charge in [0.25, 0.3) is 0 Å². The summed E-state index contributed by atoms with van der Waals surface area (Å²) >= 11 is 5.92. The van der Waals surface area contributed by atoms with Crippen molar-refractivity contribution in [2.75, 3.05) is 26.2 Å². The molecule has 1 aliphatic rings. The quantitative estimate of drug-likeness (QED) is 0.809. The first-order chi connectivity index (χ1) is 10.7. The molecule has 0 unspecified atom stereocenters. The zero-order chi connectivity index (χ0) is 15.4. The molecule has 2 heterocycles. The summed E-state index contributed by atoms with van der Waals surface area (Å²) in [6.45, 7) is 6.84. The molecule has 116 valence electrons. The van der Waals surface area contributed by atoms with E-state index in [9.17, 15) is 0 Å². The molecule has 3 rings (SSSR count). The van der Waals surface area contributed by atoms with Crippen molar-refractivity contribution in [1.82, 2.24) is 9.91 Å². The maximum atomic E-state index is 5.92. The molecule has 5 heteroatoms. The number of hydrogen-bond acceptors (Lipinski definition) is 4. The first-order valence-electron chi connectivity index (χ1n) is 7.51. The smallest absolute Gasteiger partial charge is 0.149 e. The summed E-state index contributed by atoms with van der Waals surface area (Å²) in [5.41, 5.74) is 2.23. The molecule has 1 saturated heterocycles. The van der Waals surface area contributed by atoms with Gasteiger partial charge in [-0.05, 0) is 36.8 Å². The van der Waals surface area contributed by atoms with Gasteiger partial charge in [-0.25, -0.2) is 0 Å². The first kappa shape index (κ1) is 15.1. The number of halogens is 1. The highest BCUT2D eigenvalue weighted by atomic mass is 35.5. The molecule has 0 radical (unpaired) electrons. The number of piperazine rings is 1. The van der Waals surface area contributed by atoms with E-state index >= 15 is 0 Å². The largest absolute Gasteiger partial charge is 0.463 e. The number of furan rings is 1. The minimum absolute atomic E-state index is 0.788. The van der Waals surface area contributed by atoms with Crippen molar-refractivity contribution in [3.8, 4) is 0 Å². The fraction of sp³-hybridized carbons (Fsp3) is 0.353. The second kappa shape index (κ2) is 6.99. The van der Waals surface area contributed by atoms with E-state index < -0.39 is 0 Å². The van der Waals surface area contributed by atoms with Gasteiger partial charge in [0.05, 0.1) is 12.0 Å². The molecule has 1 aromatic heterocycles. The number of nitrogens with zero attached hydrogens (tertiary/aromatic N) is 3. The summed E-state index contributed by atoms with van der Waals surface area (Å²) in [5.74, 6) is 0.837. The van der Waals surface area contributed by atoms with Crippen LogP contribution in [-0.2, 0) is 6.54 Å². The summed E-state index contributed by atoms with van der Waals surface area (Å²) in [6.07, 6.45) is 1.68. The number of benzene rings is 1. The molecule has 0 bridgehead atoms. The van der Waals surface area contributed by atoms with E-state index in [-0.39, 0.29) is 0 Å². The molecule has 2 aromatic rings. The van der Waals surface area contributed by atoms with Crippen molar-refractivity contribution in [3.63, 3.8) is 0 Å². The van der Waals surface area contributed by atoms with Gasteiger partial charge < -0.3 is 4.42 Å². The van der Waals surface area contributed by atoms with Crippen LogP contribution in [0.25, 0.3) is 0 Å². The lowest BCUT2D eigenvalue weighted by Gasteiger charge is -2.33. The Morgan fingerprint density at radius 2 is 1.86 bits per heavy atom. The maximum absolute atomic E-state index is 5.92. The lowest BCUT2D eigenvalue weighted by molar-refractivity contribution is 0.130. The van der Waals surface area contributed by atoms with E-state index in [1.807, 2.05) is 31.2 Å². The third-order valence-corrected chi connectivity index (χ3v) is 4.09. The van der Waals surface area contributed by atoms with Gasteiger partial charge in [-0.2, -0.15) is 5.10 Å². The molecule has 0 atom stereocenters. The Kier molecular flexibility index (Phi) is 4.80. The topological polar surface area (TPSA) is 32.0 Å². The second-order valence-corrected chi connectivity index (χ2v) is 5.96. The Labute approximate surface area is 136 Å². The van der Waals surface area contributed by atoms with E-state index in [1.165, 1.54) is 5.56 Å². The van der Waals surface area contributed by atoms with Crippen LogP contribution >= 0.6 is 11.6 Å². The van der Waals surface area contributed by atoms with Crippen LogP contribution in [0.3, 0.4) is 0 Å². The molecule has 0 aliphatic carbocycles. The lowest BCUT2D eigenvalue weighted by Crippen LogP contribution is -2.43. The molecule has 0 saturated carbocycles. The van der Waals surface area contributed by atoms with Gasteiger partial charge in [0.2, 0.25) is 0 Å². The van der Waals surface area contributed by atoms with Crippen molar-refractivity contribution in [1.29, 1.82) is 0 Å². The van der Waals surface area contributed by atoms with Crippen LogP contribution in [0.5, 0.6) is 0 Å². The van der Waals surface area contributed by atoms with E-state index in [0.29, 0.717) is 0 Å². The number of hydrogen-bond donors (Lipinski definition) is 0. The predicted molar refractivity (Wildman–Crippen MR) is 89.2 cm³/mol. The van der Waals surface area contributed by atoms with Crippen molar-refractivity contribution in [2.45, 2.75) is 13.5 Å². The minimum atomic E-state index is 0.788. The molecule has 1 fully saturated rings. The van der Waals surface area contributed by atoms with Gasteiger partial charge in [-0.3, -0.25) is 9.91 Å². The lowest BCUT2D eigenvalue weighted by atomic mass is 10.2. The Morgan fingerprint density at radius 1 is 1.14 bits per heavy atom. The zero-order valence-corrected chi connectivity index (χ0v) is 13.5. The number of hydrazone groups is 1. The molecule has 1 aliphatic heterocycles. The number of rotatable bonds is 4. The second-order valence-electron chi connectivity index (χ2n) is 5.52. The maximum Gasteiger partial charge on any atom is 0.149 e. The molecular formula is C17H20ClN3O. The van der Waals surface area contributed by atoms with E-state index in [4.69, 9.17) is 16.0 Å². The van der Waals surface area contributed by atoms with Crippen LogP contribution in [-0.4, -0.2) is 41.8 Å². The Hall–Kier alpha value is -1.78. The van der Waals surface area contributed by atoms with Crippen LogP contribution in [0.1, 0.15) is 18.2 Å². The standard InChI is InChI=1S/C17H20ClN3O/c1-14(17-3-2-12-22-17)19-21-10-8-20(9-11-21)13-15-4-6-16(18)7-5-15/h2-7,12H,8-11,13H2,1H3/b19-14+. The minimum Gasteiger partial charge on any atom is -0.463 e. The monoisotopic (exact) mass is 317 g/mol. The van der Waals surface area contributed by atoms with Gasteiger partial charge >= 0.3 is 0 Å². The third-order valence-electron chi connectivity index (χ3n) is 3.84. The summed E-state index contributed by atoms with van der Waals surface area (Å²) < 4.78 is 5.37. The van der Waals surface area contributed by atoms with Crippen LogP contribution in [0.4, 0.5) is 0 Å². The highest BCUT2D eigenvalue weighted by Crippen LogP contribution is 2.13. The summed E-state index contributed by atoms with van der Waals surface area (Å²) in [4.78, 5) is 2.44. The van der Waals surface area contributed by atoms with Crippen molar-refractivity contribution in [3.05, 3.63) is 59.0 Å².